The van der Waals surface area contributed by atoms with E-state index in [-0.39, 0.29) is 17.7 Å². The molecule has 132 valence electrons. The van der Waals surface area contributed by atoms with E-state index < -0.39 is 0 Å². The summed E-state index contributed by atoms with van der Waals surface area (Å²) in [6.07, 6.45) is 5.22. The molecule has 0 radical (unpaired) electrons. The summed E-state index contributed by atoms with van der Waals surface area (Å²) in [5.74, 6) is 0.591. The Hall–Kier alpha value is -2.08. The molecule has 0 spiro atoms. The number of furan rings is 1. The van der Waals surface area contributed by atoms with Crippen LogP contribution in [0.4, 0.5) is 0 Å². The molecule has 2 aromatic rings. The summed E-state index contributed by atoms with van der Waals surface area (Å²) in [6.45, 7) is 1.96. The van der Waals surface area contributed by atoms with Crippen molar-refractivity contribution in [2.45, 2.75) is 38.3 Å². The van der Waals surface area contributed by atoms with Gasteiger partial charge in [0.1, 0.15) is 0 Å². The maximum atomic E-state index is 13.0. The molecule has 4 rings (SSSR count). The molecule has 25 heavy (non-hydrogen) atoms. The molecule has 2 aliphatic rings. The quantitative estimate of drug-likeness (QED) is 0.823. The third kappa shape index (κ3) is 3.63. The molecule has 2 fully saturated rings. The molecular formula is C19H22N2O3S. The zero-order valence-electron chi connectivity index (χ0n) is 14.1. The van der Waals surface area contributed by atoms with E-state index in [1.165, 1.54) is 11.8 Å². The molecule has 2 amide bonds. The topological polar surface area (TPSA) is 53.8 Å². The average Bonchev–Trinajstić information content (AvgIpc) is 3.13. The molecule has 0 unspecified atom stereocenters. The van der Waals surface area contributed by atoms with Gasteiger partial charge in [-0.2, -0.15) is 11.3 Å². The van der Waals surface area contributed by atoms with Crippen molar-refractivity contribution in [1.82, 2.24) is 9.80 Å². The predicted octanol–water partition coefficient (Wildman–Crippen LogP) is 3.38. The molecule has 0 aromatic carbocycles. The normalized spacial score (nSPS) is 18.3. The molecular weight excluding hydrogens is 336 g/mol. The number of rotatable bonds is 5. The lowest BCUT2D eigenvalue weighted by atomic mass is 9.94. The second-order valence-electron chi connectivity index (χ2n) is 6.87. The first-order valence-corrected chi connectivity index (χ1v) is 9.81. The SMILES string of the molecule is O=C(c1ccco1)N1CCC(C(=O)N(Cc2ccsc2)C2CC2)CC1. The third-order valence-corrected chi connectivity index (χ3v) is 5.80. The summed E-state index contributed by atoms with van der Waals surface area (Å²) in [6, 6.07) is 5.92. The Morgan fingerprint density at radius 3 is 2.60 bits per heavy atom. The number of carbonyl (C=O) groups excluding carboxylic acids is 2. The molecule has 1 aliphatic heterocycles. The van der Waals surface area contributed by atoms with E-state index in [9.17, 15) is 9.59 Å². The number of thiophene rings is 1. The van der Waals surface area contributed by atoms with Gasteiger partial charge in [0.25, 0.3) is 5.91 Å². The van der Waals surface area contributed by atoms with Gasteiger partial charge in [0.05, 0.1) is 6.26 Å². The maximum Gasteiger partial charge on any atom is 0.289 e. The first-order chi connectivity index (χ1) is 12.2. The van der Waals surface area contributed by atoms with Gasteiger partial charge in [0.2, 0.25) is 5.91 Å². The Morgan fingerprint density at radius 1 is 1.20 bits per heavy atom. The maximum absolute atomic E-state index is 13.0. The Balaban J connectivity index is 1.36. The minimum Gasteiger partial charge on any atom is -0.459 e. The number of hydrogen-bond donors (Lipinski definition) is 0. The Labute approximate surface area is 151 Å². The average molecular weight is 358 g/mol. The first-order valence-electron chi connectivity index (χ1n) is 8.86. The number of carbonyl (C=O) groups is 2. The summed E-state index contributed by atoms with van der Waals surface area (Å²) < 4.78 is 5.19. The van der Waals surface area contributed by atoms with Crippen LogP contribution < -0.4 is 0 Å². The molecule has 0 N–H and O–H groups in total. The van der Waals surface area contributed by atoms with Crippen molar-refractivity contribution in [3.8, 4) is 0 Å². The molecule has 5 nitrogen and oxygen atoms in total. The minimum atomic E-state index is -0.0757. The van der Waals surface area contributed by atoms with Crippen LogP contribution in [0.25, 0.3) is 0 Å². The van der Waals surface area contributed by atoms with Crippen LogP contribution in [-0.2, 0) is 11.3 Å². The Kier molecular flexibility index (Phi) is 4.61. The van der Waals surface area contributed by atoms with Crippen LogP contribution in [0, 0.1) is 5.92 Å². The zero-order valence-corrected chi connectivity index (χ0v) is 14.9. The third-order valence-electron chi connectivity index (χ3n) is 5.07. The van der Waals surface area contributed by atoms with Crippen LogP contribution in [0.15, 0.2) is 39.6 Å². The number of nitrogens with zero attached hydrogens (tertiary/aromatic N) is 2. The largest absolute Gasteiger partial charge is 0.459 e. The summed E-state index contributed by atoms with van der Waals surface area (Å²) in [5.41, 5.74) is 1.22. The number of piperidine rings is 1. The monoisotopic (exact) mass is 358 g/mol. The van der Waals surface area contributed by atoms with Gasteiger partial charge in [-0.15, -0.1) is 0 Å². The summed E-state index contributed by atoms with van der Waals surface area (Å²) in [5, 5.41) is 4.18. The second kappa shape index (κ2) is 7.04. The lowest BCUT2D eigenvalue weighted by molar-refractivity contribution is -0.138. The standard InChI is InChI=1S/C19H22N2O3S/c22-18(21(16-3-4-16)12-14-7-11-25-13-14)15-5-8-20(9-6-15)19(23)17-2-1-10-24-17/h1-2,7,10-11,13,15-16H,3-6,8-9,12H2. The molecule has 1 saturated carbocycles. The van der Waals surface area contributed by atoms with Gasteiger partial charge in [-0.25, -0.2) is 0 Å². The van der Waals surface area contributed by atoms with Crippen LogP contribution in [0.2, 0.25) is 0 Å². The van der Waals surface area contributed by atoms with Crippen molar-refractivity contribution in [2.24, 2.45) is 5.92 Å². The highest BCUT2D eigenvalue weighted by atomic mass is 32.1. The Bertz CT molecular complexity index is 714. The van der Waals surface area contributed by atoms with E-state index in [0.717, 1.165) is 32.2 Å². The van der Waals surface area contributed by atoms with E-state index in [2.05, 4.69) is 21.7 Å². The highest BCUT2D eigenvalue weighted by Crippen LogP contribution is 2.32. The van der Waals surface area contributed by atoms with Crippen LogP contribution in [0.3, 0.4) is 0 Å². The lowest BCUT2D eigenvalue weighted by Crippen LogP contribution is -2.44. The summed E-state index contributed by atoms with van der Waals surface area (Å²) in [7, 11) is 0. The van der Waals surface area contributed by atoms with E-state index in [1.54, 1.807) is 28.4 Å². The zero-order chi connectivity index (χ0) is 17.2. The fourth-order valence-corrected chi connectivity index (χ4v) is 4.13. The lowest BCUT2D eigenvalue weighted by Gasteiger charge is -2.34. The van der Waals surface area contributed by atoms with E-state index in [0.29, 0.717) is 24.9 Å². The summed E-state index contributed by atoms with van der Waals surface area (Å²) >= 11 is 1.67. The molecule has 1 aliphatic carbocycles. The van der Waals surface area contributed by atoms with E-state index >= 15 is 0 Å². The number of likely N-dealkylation sites (tertiary alicyclic amines) is 1. The van der Waals surface area contributed by atoms with Crippen LogP contribution in [0.1, 0.15) is 41.8 Å². The van der Waals surface area contributed by atoms with Crippen molar-refractivity contribution in [1.29, 1.82) is 0 Å². The van der Waals surface area contributed by atoms with Crippen molar-refractivity contribution in [3.05, 3.63) is 46.5 Å². The second-order valence-corrected chi connectivity index (χ2v) is 7.65. The fraction of sp³-hybridized carbons (Fsp3) is 0.474. The Morgan fingerprint density at radius 2 is 2.00 bits per heavy atom. The molecule has 0 atom stereocenters. The van der Waals surface area contributed by atoms with Gasteiger partial charge in [0, 0.05) is 31.6 Å². The van der Waals surface area contributed by atoms with Crippen LogP contribution >= 0.6 is 11.3 Å². The molecule has 1 saturated heterocycles. The fourth-order valence-electron chi connectivity index (χ4n) is 3.47. The molecule has 3 heterocycles. The predicted molar refractivity (Wildman–Crippen MR) is 95.2 cm³/mol. The van der Waals surface area contributed by atoms with E-state index in [4.69, 9.17) is 4.42 Å². The number of amides is 2. The summed E-state index contributed by atoms with van der Waals surface area (Å²) in [4.78, 5) is 29.2. The van der Waals surface area contributed by atoms with Crippen molar-refractivity contribution in [3.63, 3.8) is 0 Å². The smallest absolute Gasteiger partial charge is 0.289 e. The van der Waals surface area contributed by atoms with Gasteiger partial charge < -0.3 is 14.2 Å². The van der Waals surface area contributed by atoms with Crippen molar-refractivity contribution >= 4 is 23.2 Å². The van der Waals surface area contributed by atoms with Gasteiger partial charge in [-0.05, 0) is 60.2 Å². The van der Waals surface area contributed by atoms with Gasteiger partial charge in [-0.1, -0.05) is 0 Å². The molecule has 6 heteroatoms. The first kappa shape index (κ1) is 16.4. The number of hydrogen-bond acceptors (Lipinski definition) is 4. The highest BCUT2D eigenvalue weighted by Gasteiger charge is 2.37. The molecule has 0 bridgehead atoms. The van der Waals surface area contributed by atoms with Crippen molar-refractivity contribution in [2.75, 3.05) is 13.1 Å². The van der Waals surface area contributed by atoms with Gasteiger partial charge >= 0.3 is 0 Å². The van der Waals surface area contributed by atoms with E-state index in [1.807, 2.05) is 0 Å². The van der Waals surface area contributed by atoms with Crippen LogP contribution in [0.5, 0.6) is 0 Å². The van der Waals surface area contributed by atoms with Crippen molar-refractivity contribution < 1.29 is 14.0 Å². The molecule has 2 aromatic heterocycles. The highest BCUT2D eigenvalue weighted by molar-refractivity contribution is 7.07. The van der Waals surface area contributed by atoms with Gasteiger partial charge in [0.15, 0.2) is 5.76 Å². The van der Waals surface area contributed by atoms with Crippen LogP contribution in [-0.4, -0.2) is 40.7 Å². The van der Waals surface area contributed by atoms with Gasteiger partial charge in [-0.3, -0.25) is 9.59 Å². The minimum absolute atomic E-state index is 0.0277.